The molecule has 3 aromatic rings. The summed E-state index contributed by atoms with van der Waals surface area (Å²) in [5, 5.41) is 13.7. The Morgan fingerprint density at radius 1 is 1.52 bits per heavy atom. The third kappa shape index (κ3) is 3.09. The SMILES string of the molecule is CC1CCc2c(sc3ncnc(NC(Cc4cnc[nH]4)C(=O)O)c23)C1. The van der Waals surface area contributed by atoms with Crippen LogP contribution >= 0.6 is 11.3 Å². The van der Waals surface area contributed by atoms with Crippen molar-refractivity contribution in [3.8, 4) is 0 Å². The first-order chi connectivity index (χ1) is 12.1. The molecule has 7 nitrogen and oxygen atoms in total. The lowest BCUT2D eigenvalue weighted by molar-refractivity contribution is -0.137. The van der Waals surface area contributed by atoms with Gasteiger partial charge in [0.25, 0.3) is 0 Å². The molecule has 8 heteroatoms. The van der Waals surface area contributed by atoms with Gasteiger partial charge in [-0.15, -0.1) is 11.3 Å². The van der Waals surface area contributed by atoms with Crippen LogP contribution in [0.25, 0.3) is 10.2 Å². The van der Waals surface area contributed by atoms with E-state index in [1.807, 2.05) is 0 Å². The van der Waals surface area contributed by atoms with Gasteiger partial charge in [0.1, 0.15) is 23.0 Å². The van der Waals surface area contributed by atoms with Crippen LogP contribution in [-0.4, -0.2) is 37.1 Å². The summed E-state index contributed by atoms with van der Waals surface area (Å²) < 4.78 is 0. The van der Waals surface area contributed by atoms with Crippen LogP contribution in [0.2, 0.25) is 0 Å². The smallest absolute Gasteiger partial charge is 0.326 e. The van der Waals surface area contributed by atoms with Crippen molar-refractivity contribution in [3.63, 3.8) is 0 Å². The van der Waals surface area contributed by atoms with Gasteiger partial charge in [-0.05, 0) is 30.7 Å². The number of aromatic amines is 1. The average molecular weight is 357 g/mol. The highest BCUT2D eigenvalue weighted by molar-refractivity contribution is 7.19. The van der Waals surface area contributed by atoms with E-state index in [1.165, 1.54) is 16.8 Å². The Bertz CT molecular complexity index is 905. The second-order valence-corrected chi connectivity index (χ2v) is 7.65. The van der Waals surface area contributed by atoms with E-state index in [4.69, 9.17) is 0 Å². The molecule has 0 bridgehead atoms. The van der Waals surface area contributed by atoms with Crippen molar-refractivity contribution in [1.82, 2.24) is 19.9 Å². The average Bonchev–Trinajstić information content (AvgIpc) is 3.20. The van der Waals surface area contributed by atoms with Gasteiger partial charge in [-0.3, -0.25) is 0 Å². The number of nitrogens with one attached hydrogen (secondary N) is 2. The first-order valence-electron chi connectivity index (χ1n) is 8.33. The molecule has 2 atom stereocenters. The lowest BCUT2D eigenvalue weighted by Crippen LogP contribution is -2.32. The molecule has 0 spiro atoms. The Hall–Kier alpha value is -2.48. The molecule has 1 aliphatic rings. The molecule has 0 aromatic carbocycles. The standard InChI is InChI=1S/C17H19N5O2S/c1-9-2-3-11-13(4-9)25-16-14(11)15(20-8-21-16)22-12(17(23)24)5-10-6-18-7-19-10/h6-9,12H,2-5H2,1H3,(H,18,19)(H,23,24)(H,20,21,22). The third-order valence-electron chi connectivity index (χ3n) is 4.68. The summed E-state index contributed by atoms with van der Waals surface area (Å²) in [7, 11) is 0. The highest BCUT2D eigenvalue weighted by atomic mass is 32.1. The van der Waals surface area contributed by atoms with Gasteiger partial charge < -0.3 is 15.4 Å². The molecule has 0 saturated carbocycles. The van der Waals surface area contributed by atoms with Crippen LogP contribution in [0.15, 0.2) is 18.9 Å². The lowest BCUT2D eigenvalue weighted by Gasteiger charge is -2.19. The predicted octanol–water partition coefficient (Wildman–Crippen LogP) is 2.65. The molecular weight excluding hydrogens is 338 g/mol. The van der Waals surface area contributed by atoms with E-state index in [0.29, 0.717) is 18.2 Å². The molecular formula is C17H19N5O2S. The Morgan fingerprint density at radius 3 is 3.16 bits per heavy atom. The van der Waals surface area contributed by atoms with Crippen LogP contribution < -0.4 is 5.32 Å². The monoisotopic (exact) mass is 357 g/mol. The number of aryl methyl sites for hydroxylation is 1. The minimum absolute atomic E-state index is 0.310. The Kier molecular flexibility index (Phi) is 4.12. The fourth-order valence-electron chi connectivity index (χ4n) is 3.37. The molecule has 3 N–H and O–H groups in total. The number of carboxylic acid groups (broad SMARTS) is 1. The highest BCUT2D eigenvalue weighted by Crippen LogP contribution is 2.39. The van der Waals surface area contributed by atoms with E-state index in [2.05, 4.69) is 32.2 Å². The summed E-state index contributed by atoms with van der Waals surface area (Å²) in [6, 6.07) is -0.781. The van der Waals surface area contributed by atoms with E-state index in [0.717, 1.165) is 35.2 Å². The van der Waals surface area contributed by atoms with Crippen molar-refractivity contribution >= 4 is 33.3 Å². The van der Waals surface area contributed by atoms with Crippen LogP contribution in [0.4, 0.5) is 5.82 Å². The van der Waals surface area contributed by atoms with Crippen molar-refractivity contribution in [3.05, 3.63) is 35.0 Å². The van der Waals surface area contributed by atoms with Gasteiger partial charge in [0.15, 0.2) is 0 Å². The van der Waals surface area contributed by atoms with Crippen molar-refractivity contribution in [1.29, 1.82) is 0 Å². The molecule has 0 fully saturated rings. The molecule has 4 rings (SSSR count). The zero-order valence-electron chi connectivity index (χ0n) is 13.8. The number of rotatable bonds is 5. The van der Waals surface area contributed by atoms with E-state index in [9.17, 15) is 9.90 Å². The minimum atomic E-state index is -0.918. The third-order valence-corrected chi connectivity index (χ3v) is 5.84. The summed E-state index contributed by atoms with van der Waals surface area (Å²) in [4.78, 5) is 29.6. The highest BCUT2D eigenvalue weighted by Gasteiger charge is 2.25. The Morgan fingerprint density at radius 2 is 2.40 bits per heavy atom. The molecule has 0 amide bonds. The van der Waals surface area contributed by atoms with Crippen molar-refractivity contribution in [2.45, 2.75) is 38.6 Å². The van der Waals surface area contributed by atoms with Gasteiger partial charge in [0.05, 0.1) is 11.7 Å². The van der Waals surface area contributed by atoms with Crippen molar-refractivity contribution < 1.29 is 9.90 Å². The molecule has 25 heavy (non-hydrogen) atoms. The van der Waals surface area contributed by atoms with Gasteiger partial charge in [0.2, 0.25) is 0 Å². The van der Waals surface area contributed by atoms with Crippen LogP contribution in [-0.2, 0) is 24.1 Å². The first-order valence-corrected chi connectivity index (χ1v) is 9.15. The summed E-state index contributed by atoms with van der Waals surface area (Å²) in [5.41, 5.74) is 2.05. The van der Waals surface area contributed by atoms with Crippen LogP contribution in [0, 0.1) is 5.92 Å². The van der Waals surface area contributed by atoms with E-state index in [1.54, 1.807) is 23.9 Å². The summed E-state index contributed by atoms with van der Waals surface area (Å²) in [5.74, 6) is 0.375. The number of hydrogen-bond acceptors (Lipinski definition) is 6. The second kappa shape index (κ2) is 6.44. The van der Waals surface area contributed by atoms with E-state index >= 15 is 0 Å². The Balaban J connectivity index is 1.69. The van der Waals surface area contributed by atoms with Gasteiger partial charge in [0, 0.05) is 23.2 Å². The van der Waals surface area contributed by atoms with Crippen LogP contribution in [0.5, 0.6) is 0 Å². The van der Waals surface area contributed by atoms with Crippen LogP contribution in [0.1, 0.15) is 29.5 Å². The maximum Gasteiger partial charge on any atom is 0.326 e. The number of H-pyrrole nitrogens is 1. The molecule has 0 aliphatic heterocycles. The second-order valence-electron chi connectivity index (χ2n) is 6.57. The van der Waals surface area contributed by atoms with Gasteiger partial charge >= 0.3 is 5.97 Å². The summed E-state index contributed by atoms with van der Waals surface area (Å²) in [6.45, 7) is 2.27. The zero-order valence-corrected chi connectivity index (χ0v) is 14.6. The number of nitrogens with zero attached hydrogens (tertiary/aromatic N) is 3. The quantitative estimate of drug-likeness (QED) is 0.648. The first kappa shape index (κ1) is 16.0. The molecule has 3 aromatic heterocycles. The number of thiophene rings is 1. The lowest BCUT2D eigenvalue weighted by atomic mass is 9.89. The topological polar surface area (TPSA) is 104 Å². The predicted molar refractivity (Wildman–Crippen MR) is 95.9 cm³/mol. The van der Waals surface area contributed by atoms with E-state index in [-0.39, 0.29) is 0 Å². The summed E-state index contributed by atoms with van der Waals surface area (Å²) in [6.07, 6.45) is 8.21. The molecule has 1 aliphatic carbocycles. The van der Waals surface area contributed by atoms with E-state index < -0.39 is 12.0 Å². The van der Waals surface area contributed by atoms with Gasteiger partial charge in [-0.25, -0.2) is 19.7 Å². The molecule has 3 heterocycles. The normalized spacial score (nSPS) is 18.0. The number of carboxylic acids is 1. The van der Waals surface area contributed by atoms with Crippen molar-refractivity contribution in [2.24, 2.45) is 5.92 Å². The fourth-order valence-corrected chi connectivity index (χ4v) is 4.72. The number of imidazole rings is 1. The minimum Gasteiger partial charge on any atom is -0.480 e. The number of aliphatic carboxylic acids is 1. The van der Waals surface area contributed by atoms with Gasteiger partial charge in [-0.2, -0.15) is 0 Å². The number of fused-ring (bicyclic) bond motifs is 3. The largest absolute Gasteiger partial charge is 0.480 e. The molecule has 0 saturated heterocycles. The zero-order chi connectivity index (χ0) is 17.4. The Labute approximate surface area is 148 Å². The maximum absolute atomic E-state index is 11.7. The van der Waals surface area contributed by atoms with Crippen molar-refractivity contribution in [2.75, 3.05) is 5.32 Å². The van der Waals surface area contributed by atoms with Gasteiger partial charge in [-0.1, -0.05) is 6.92 Å². The number of carbonyl (C=O) groups is 1. The molecule has 0 radical (unpaired) electrons. The van der Waals surface area contributed by atoms with Crippen LogP contribution in [0.3, 0.4) is 0 Å². The molecule has 130 valence electrons. The number of hydrogen-bond donors (Lipinski definition) is 3. The molecule has 2 unspecified atom stereocenters. The fraction of sp³-hybridized carbons (Fsp3) is 0.412. The number of aromatic nitrogens is 4. The maximum atomic E-state index is 11.7. The summed E-state index contributed by atoms with van der Waals surface area (Å²) >= 11 is 1.70. The number of anilines is 1.